The Hall–Kier alpha value is -2.63. The number of nitrogens with zero attached hydrogens (tertiary/aromatic N) is 3. The fraction of sp³-hybridized carbons (Fsp3) is 0.312. The lowest BCUT2D eigenvalue weighted by Gasteiger charge is -2.19. The monoisotopic (exact) mass is 298 g/mol. The molecule has 0 amide bonds. The van der Waals surface area contributed by atoms with Crippen LogP contribution < -0.4 is 10.5 Å². The maximum atomic E-state index is 6.01. The molecule has 6 heteroatoms. The number of rotatable bonds is 4. The minimum atomic E-state index is 0.301. The van der Waals surface area contributed by atoms with Gasteiger partial charge in [0.2, 0.25) is 5.88 Å². The number of hydrogen-bond acceptors (Lipinski definition) is 6. The third-order valence-corrected chi connectivity index (χ3v) is 3.72. The van der Waals surface area contributed by atoms with Gasteiger partial charge in [0.25, 0.3) is 0 Å². The quantitative estimate of drug-likeness (QED) is 0.693. The number of benzene rings is 1. The van der Waals surface area contributed by atoms with Crippen molar-refractivity contribution in [2.24, 2.45) is 5.16 Å². The highest BCUT2D eigenvalue weighted by molar-refractivity contribution is 5.88. The number of nitrogen functional groups attached to an aromatic ring is 1. The van der Waals surface area contributed by atoms with Crippen LogP contribution in [0.25, 0.3) is 0 Å². The van der Waals surface area contributed by atoms with E-state index < -0.39 is 0 Å². The number of oxime groups is 1. The lowest BCUT2D eigenvalue weighted by molar-refractivity contribution is 0.215. The molecule has 0 atom stereocenters. The number of nitrogens with two attached hydrogens (primary N) is 1. The summed E-state index contributed by atoms with van der Waals surface area (Å²) >= 11 is 0. The molecule has 1 aliphatic rings. The van der Waals surface area contributed by atoms with Crippen LogP contribution in [0.3, 0.4) is 0 Å². The zero-order valence-corrected chi connectivity index (χ0v) is 12.5. The summed E-state index contributed by atoms with van der Waals surface area (Å²) in [7, 11) is 1.46. The first-order chi connectivity index (χ1) is 10.8. The molecule has 1 heterocycles. The molecule has 0 saturated carbocycles. The summed E-state index contributed by atoms with van der Waals surface area (Å²) in [6.07, 6.45) is 7.36. The van der Waals surface area contributed by atoms with Crippen LogP contribution in [0.5, 0.6) is 11.6 Å². The van der Waals surface area contributed by atoms with Crippen molar-refractivity contribution in [2.75, 3.05) is 12.8 Å². The molecule has 114 valence electrons. The largest absolute Gasteiger partial charge is 0.438 e. The van der Waals surface area contributed by atoms with E-state index in [1.807, 2.05) is 12.1 Å². The molecule has 1 aromatic heterocycles. The zero-order valence-electron chi connectivity index (χ0n) is 12.5. The fourth-order valence-electron chi connectivity index (χ4n) is 2.65. The highest BCUT2D eigenvalue weighted by Crippen LogP contribution is 2.33. The molecule has 0 saturated heterocycles. The van der Waals surface area contributed by atoms with Crippen LogP contribution in [0.2, 0.25) is 0 Å². The smallest absolute Gasteiger partial charge is 0.233 e. The molecular formula is C16H18N4O2. The SMILES string of the molecule is CON=Cc1c(N)ncnc1Oc1cccc2c1CCCC2. The van der Waals surface area contributed by atoms with Gasteiger partial charge in [-0.1, -0.05) is 17.3 Å². The highest BCUT2D eigenvalue weighted by Gasteiger charge is 2.16. The second-order valence-corrected chi connectivity index (χ2v) is 5.10. The molecule has 0 fully saturated rings. The Bertz CT molecular complexity index is 701. The predicted molar refractivity (Wildman–Crippen MR) is 84.2 cm³/mol. The van der Waals surface area contributed by atoms with Gasteiger partial charge in [0.1, 0.15) is 30.6 Å². The number of hydrogen-bond donors (Lipinski definition) is 1. The molecule has 22 heavy (non-hydrogen) atoms. The van der Waals surface area contributed by atoms with Crippen molar-refractivity contribution < 1.29 is 9.57 Å². The van der Waals surface area contributed by atoms with Crippen LogP contribution in [0, 0.1) is 0 Å². The van der Waals surface area contributed by atoms with Gasteiger partial charge in [0.15, 0.2) is 0 Å². The van der Waals surface area contributed by atoms with Gasteiger partial charge in [0.05, 0.1) is 6.21 Å². The van der Waals surface area contributed by atoms with Crippen molar-refractivity contribution in [3.05, 3.63) is 41.2 Å². The van der Waals surface area contributed by atoms with E-state index in [-0.39, 0.29) is 0 Å². The van der Waals surface area contributed by atoms with Crippen LogP contribution >= 0.6 is 0 Å². The fourth-order valence-corrected chi connectivity index (χ4v) is 2.65. The minimum Gasteiger partial charge on any atom is -0.438 e. The van der Waals surface area contributed by atoms with Crippen LogP contribution in [-0.4, -0.2) is 23.3 Å². The third-order valence-electron chi connectivity index (χ3n) is 3.72. The van der Waals surface area contributed by atoms with E-state index in [0.29, 0.717) is 17.3 Å². The first-order valence-electron chi connectivity index (χ1n) is 7.25. The van der Waals surface area contributed by atoms with Crippen molar-refractivity contribution in [3.63, 3.8) is 0 Å². The number of ether oxygens (including phenoxy) is 1. The third kappa shape index (κ3) is 2.86. The Morgan fingerprint density at radius 3 is 2.95 bits per heavy atom. The number of aryl methyl sites for hydroxylation is 1. The van der Waals surface area contributed by atoms with Crippen LogP contribution in [0.1, 0.15) is 29.5 Å². The number of anilines is 1. The van der Waals surface area contributed by atoms with Gasteiger partial charge in [-0.2, -0.15) is 0 Å². The van der Waals surface area contributed by atoms with Crippen LogP contribution in [-0.2, 0) is 17.7 Å². The van der Waals surface area contributed by atoms with Crippen LogP contribution in [0.4, 0.5) is 5.82 Å². The predicted octanol–water partition coefficient (Wildman–Crippen LogP) is 2.71. The summed E-state index contributed by atoms with van der Waals surface area (Å²) < 4.78 is 6.01. The Balaban J connectivity index is 1.97. The molecule has 1 aliphatic carbocycles. The molecule has 2 N–H and O–H groups in total. The van der Waals surface area contributed by atoms with Crippen molar-refractivity contribution in [2.45, 2.75) is 25.7 Å². The van der Waals surface area contributed by atoms with Crippen molar-refractivity contribution in [3.8, 4) is 11.6 Å². The van der Waals surface area contributed by atoms with E-state index >= 15 is 0 Å². The summed E-state index contributed by atoms with van der Waals surface area (Å²) in [5, 5.41) is 3.73. The Morgan fingerprint density at radius 2 is 2.09 bits per heavy atom. The van der Waals surface area contributed by atoms with Gasteiger partial charge >= 0.3 is 0 Å². The van der Waals surface area contributed by atoms with Gasteiger partial charge in [-0.15, -0.1) is 0 Å². The molecule has 2 aromatic rings. The molecule has 0 radical (unpaired) electrons. The molecule has 3 rings (SSSR count). The first kappa shape index (κ1) is 14.3. The molecule has 0 spiro atoms. The second kappa shape index (κ2) is 6.43. The Kier molecular flexibility index (Phi) is 4.18. The average molecular weight is 298 g/mol. The minimum absolute atomic E-state index is 0.301. The average Bonchev–Trinajstić information content (AvgIpc) is 2.55. The molecular weight excluding hydrogens is 280 g/mol. The van der Waals surface area contributed by atoms with Crippen LogP contribution in [0.15, 0.2) is 29.7 Å². The molecule has 0 bridgehead atoms. The van der Waals surface area contributed by atoms with E-state index in [0.717, 1.165) is 18.6 Å². The van der Waals surface area contributed by atoms with Gasteiger partial charge in [-0.3, -0.25) is 0 Å². The standard InChI is InChI=1S/C16H18N4O2/c1-21-20-9-13-15(17)18-10-19-16(13)22-14-8-4-6-11-5-2-3-7-12(11)14/h4,6,8-10H,2-3,5,7H2,1H3,(H2,17,18,19). The zero-order chi connectivity index (χ0) is 15.4. The lowest BCUT2D eigenvalue weighted by atomic mass is 9.91. The number of fused-ring (bicyclic) bond motifs is 1. The van der Waals surface area contributed by atoms with E-state index in [2.05, 4.69) is 21.2 Å². The lowest BCUT2D eigenvalue weighted by Crippen LogP contribution is -2.06. The topological polar surface area (TPSA) is 82.6 Å². The van der Waals surface area contributed by atoms with Crippen molar-refractivity contribution in [1.29, 1.82) is 0 Å². The molecule has 6 nitrogen and oxygen atoms in total. The summed E-state index contributed by atoms with van der Waals surface area (Å²) in [6, 6.07) is 6.12. The van der Waals surface area contributed by atoms with Crippen molar-refractivity contribution >= 4 is 12.0 Å². The summed E-state index contributed by atoms with van der Waals surface area (Å²) in [4.78, 5) is 12.8. The van der Waals surface area contributed by atoms with Gasteiger partial charge in [-0.25, -0.2) is 9.97 Å². The number of aromatic nitrogens is 2. The van der Waals surface area contributed by atoms with E-state index in [9.17, 15) is 0 Å². The molecule has 0 unspecified atom stereocenters. The Morgan fingerprint density at radius 1 is 1.23 bits per heavy atom. The van der Waals surface area contributed by atoms with Crippen molar-refractivity contribution in [1.82, 2.24) is 9.97 Å². The van der Waals surface area contributed by atoms with Gasteiger partial charge in [-0.05, 0) is 42.9 Å². The summed E-state index contributed by atoms with van der Waals surface area (Å²) in [5.41, 5.74) is 8.98. The Labute approximate surface area is 129 Å². The molecule has 0 aliphatic heterocycles. The van der Waals surface area contributed by atoms with Gasteiger partial charge in [0, 0.05) is 0 Å². The molecule has 1 aromatic carbocycles. The normalized spacial score (nSPS) is 13.9. The first-order valence-corrected chi connectivity index (χ1v) is 7.25. The van der Waals surface area contributed by atoms with Gasteiger partial charge < -0.3 is 15.3 Å². The van der Waals surface area contributed by atoms with E-state index in [4.69, 9.17) is 15.3 Å². The maximum Gasteiger partial charge on any atom is 0.233 e. The highest BCUT2D eigenvalue weighted by atomic mass is 16.6. The maximum absolute atomic E-state index is 6.01. The second-order valence-electron chi connectivity index (χ2n) is 5.10. The van der Waals surface area contributed by atoms with E-state index in [1.54, 1.807) is 0 Å². The van der Waals surface area contributed by atoms with E-state index in [1.165, 1.54) is 43.6 Å². The summed E-state index contributed by atoms with van der Waals surface area (Å²) in [5.74, 6) is 1.50. The summed E-state index contributed by atoms with van der Waals surface area (Å²) in [6.45, 7) is 0.